The van der Waals surface area contributed by atoms with E-state index in [-0.39, 0.29) is 11.7 Å². The Morgan fingerprint density at radius 2 is 2.07 bits per heavy atom. The number of rotatable bonds is 6. The van der Waals surface area contributed by atoms with Gasteiger partial charge in [-0.25, -0.2) is 0 Å². The van der Waals surface area contributed by atoms with Crippen molar-refractivity contribution in [1.29, 1.82) is 0 Å². The van der Waals surface area contributed by atoms with Gasteiger partial charge in [0.1, 0.15) is 0 Å². The highest BCUT2D eigenvalue weighted by molar-refractivity contribution is 8.00. The zero-order valence-electron chi connectivity index (χ0n) is 15.4. The number of nitrogens with two attached hydrogens (primary N) is 1. The van der Waals surface area contributed by atoms with Crippen LogP contribution in [0, 0.1) is 5.92 Å². The van der Waals surface area contributed by atoms with Gasteiger partial charge < -0.3 is 16.0 Å². The number of hydrogen-bond acceptors (Lipinski definition) is 5. The van der Waals surface area contributed by atoms with Gasteiger partial charge in [0.15, 0.2) is 0 Å². The number of benzene rings is 1. The molecule has 2 aromatic rings. The minimum atomic E-state index is -0.504. The number of nitrogens with one attached hydrogen (secondary N) is 1. The van der Waals surface area contributed by atoms with Gasteiger partial charge in [-0.3, -0.25) is 14.6 Å². The lowest BCUT2D eigenvalue weighted by Gasteiger charge is -2.34. The van der Waals surface area contributed by atoms with Crippen molar-refractivity contribution in [3.8, 4) is 0 Å². The summed E-state index contributed by atoms with van der Waals surface area (Å²) in [6.45, 7) is 4.10. The third kappa shape index (κ3) is 5.23. The van der Waals surface area contributed by atoms with Crippen molar-refractivity contribution in [2.45, 2.75) is 24.7 Å². The fraction of sp³-hybridized carbons (Fsp3) is 0.350. The van der Waals surface area contributed by atoms with Crippen molar-refractivity contribution in [3.05, 3.63) is 48.3 Å². The van der Waals surface area contributed by atoms with Crippen LogP contribution in [0.4, 0.5) is 11.4 Å². The first-order valence-electron chi connectivity index (χ1n) is 9.04. The highest BCUT2D eigenvalue weighted by Gasteiger charge is 2.20. The molecule has 2 heterocycles. The number of nitrogens with zero attached hydrogens (tertiary/aromatic N) is 2. The van der Waals surface area contributed by atoms with Gasteiger partial charge in [-0.1, -0.05) is 6.92 Å². The summed E-state index contributed by atoms with van der Waals surface area (Å²) in [6.07, 6.45) is 5.72. The van der Waals surface area contributed by atoms with E-state index in [0.717, 1.165) is 30.1 Å². The molecule has 1 aliphatic rings. The Labute approximate surface area is 163 Å². The number of carbonyl (C=O) groups is 2. The first-order valence-corrected chi connectivity index (χ1v) is 10.0. The van der Waals surface area contributed by atoms with Crippen LogP contribution in [-0.4, -0.2) is 35.6 Å². The lowest BCUT2D eigenvalue weighted by Crippen LogP contribution is -2.35. The van der Waals surface area contributed by atoms with Gasteiger partial charge in [-0.2, -0.15) is 0 Å². The summed E-state index contributed by atoms with van der Waals surface area (Å²) >= 11 is 1.44. The molecule has 6 nitrogen and oxygen atoms in total. The first kappa shape index (κ1) is 19.2. The van der Waals surface area contributed by atoms with Crippen LogP contribution < -0.4 is 16.0 Å². The molecular weight excluding hydrogens is 360 g/mol. The normalized spacial score (nSPS) is 16.8. The number of primary amides is 1. The number of anilines is 2. The minimum absolute atomic E-state index is 0.121. The summed E-state index contributed by atoms with van der Waals surface area (Å²) in [7, 11) is 0. The molecule has 2 amide bonds. The van der Waals surface area contributed by atoms with Gasteiger partial charge in [0.25, 0.3) is 0 Å². The molecule has 0 spiro atoms. The molecule has 3 N–H and O–H groups in total. The van der Waals surface area contributed by atoms with E-state index >= 15 is 0 Å². The average molecular weight is 385 g/mol. The van der Waals surface area contributed by atoms with E-state index in [2.05, 4.69) is 22.1 Å². The van der Waals surface area contributed by atoms with Gasteiger partial charge in [0.2, 0.25) is 11.8 Å². The average Bonchev–Trinajstić information content (AvgIpc) is 2.67. The van der Waals surface area contributed by atoms with E-state index in [1.807, 2.05) is 18.2 Å². The predicted molar refractivity (Wildman–Crippen MR) is 109 cm³/mol. The molecule has 1 aromatic carbocycles. The van der Waals surface area contributed by atoms with E-state index in [4.69, 9.17) is 5.73 Å². The molecule has 1 fully saturated rings. The van der Waals surface area contributed by atoms with Crippen molar-refractivity contribution in [1.82, 2.24) is 4.98 Å². The Bertz CT molecular complexity index is 813. The van der Waals surface area contributed by atoms with Crippen molar-refractivity contribution >= 4 is 35.0 Å². The van der Waals surface area contributed by atoms with Crippen molar-refractivity contribution in [3.63, 3.8) is 0 Å². The van der Waals surface area contributed by atoms with Crippen LogP contribution in [0.1, 0.15) is 30.1 Å². The lowest BCUT2D eigenvalue weighted by molar-refractivity contribution is -0.113. The van der Waals surface area contributed by atoms with Gasteiger partial charge in [0, 0.05) is 35.9 Å². The topological polar surface area (TPSA) is 88.3 Å². The molecule has 27 heavy (non-hydrogen) atoms. The largest absolute Gasteiger partial charge is 0.370 e. The zero-order valence-corrected chi connectivity index (χ0v) is 16.2. The highest BCUT2D eigenvalue weighted by atomic mass is 32.2. The molecule has 142 valence electrons. The summed E-state index contributed by atoms with van der Waals surface area (Å²) in [5, 5.41) is 2.96. The summed E-state index contributed by atoms with van der Waals surface area (Å²) in [6, 6.07) is 9.01. The molecule has 1 aromatic heterocycles. The molecule has 1 saturated heterocycles. The minimum Gasteiger partial charge on any atom is -0.370 e. The number of hydrogen-bond donors (Lipinski definition) is 2. The third-order valence-corrected chi connectivity index (χ3v) is 5.58. The van der Waals surface area contributed by atoms with Crippen LogP contribution in [0.5, 0.6) is 0 Å². The Balaban J connectivity index is 1.75. The fourth-order valence-corrected chi connectivity index (χ4v) is 3.93. The number of thioether (sulfide) groups is 1. The van der Waals surface area contributed by atoms with Crippen molar-refractivity contribution in [2.24, 2.45) is 11.7 Å². The highest BCUT2D eigenvalue weighted by Crippen LogP contribution is 2.31. The summed E-state index contributed by atoms with van der Waals surface area (Å²) in [4.78, 5) is 31.3. The Hall–Kier alpha value is -2.54. The molecule has 1 unspecified atom stereocenters. The second kappa shape index (κ2) is 8.90. The Kier molecular flexibility index (Phi) is 6.34. The van der Waals surface area contributed by atoms with E-state index in [1.54, 1.807) is 24.5 Å². The van der Waals surface area contributed by atoms with Gasteiger partial charge in [-0.05, 0) is 49.1 Å². The van der Waals surface area contributed by atoms with Crippen LogP contribution in [0.3, 0.4) is 0 Å². The number of piperidine rings is 1. The van der Waals surface area contributed by atoms with Gasteiger partial charge >= 0.3 is 0 Å². The van der Waals surface area contributed by atoms with Crippen LogP contribution in [0.2, 0.25) is 0 Å². The third-order valence-electron chi connectivity index (χ3n) is 4.57. The van der Waals surface area contributed by atoms with E-state index in [1.165, 1.54) is 18.2 Å². The second-order valence-electron chi connectivity index (χ2n) is 6.81. The zero-order chi connectivity index (χ0) is 19.2. The van der Waals surface area contributed by atoms with Crippen LogP contribution in [0.25, 0.3) is 0 Å². The maximum atomic E-state index is 12.5. The maximum Gasteiger partial charge on any atom is 0.248 e. The Morgan fingerprint density at radius 1 is 1.30 bits per heavy atom. The van der Waals surface area contributed by atoms with Crippen LogP contribution >= 0.6 is 11.8 Å². The molecule has 0 saturated carbocycles. The van der Waals surface area contributed by atoms with Crippen molar-refractivity contribution in [2.75, 3.05) is 29.1 Å². The molecule has 1 atom stereocenters. The SMILES string of the molecule is CC1CCCN(c2ccc(C(N)=O)cc2NC(=O)CSc2ccncc2)C1. The lowest BCUT2D eigenvalue weighted by atomic mass is 9.99. The second-order valence-corrected chi connectivity index (χ2v) is 7.86. The first-order chi connectivity index (χ1) is 13.0. The number of aromatic nitrogens is 1. The maximum absolute atomic E-state index is 12.5. The summed E-state index contributed by atoms with van der Waals surface area (Å²) in [5.74, 6) is 0.251. The van der Waals surface area contributed by atoms with Crippen molar-refractivity contribution < 1.29 is 9.59 Å². The predicted octanol–water partition coefficient (Wildman–Crippen LogP) is 3.15. The van der Waals surface area contributed by atoms with E-state index in [9.17, 15) is 9.59 Å². The quantitative estimate of drug-likeness (QED) is 0.747. The standard InChI is InChI=1S/C20H24N4O2S/c1-14-3-2-10-24(12-14)18-5-4-15(20(21)26)11-17(18)23-19(25)13-27-16-6-8-22-9-7-16/h4-9,11,14H,2-3,10,12-13H2,1H3,(H2,21,26)(H,23,25). The molecule has 3 rings (SSSR count). The van der Waals surface area contributed by atoms with Crippen LogP contribution in [0.15, 0.2) is 47.6 Å². The van der Waals surface area contributed by atoms with Crippen LogP contribution in [-0.2, 0) is 4.79 Å². The molecule has 0 aliphatic carbocycles. The molecule has 1 aliphatic heterocycles. The fourth-order valence-electron chi connectivity index (χ4n) is 3.24. The Morgan fingerprint density at radius 3 is 2.78 bits per heavy atom. The molecule has 0 radical (unpaired) electrons. The summed E-state index contributed by atoms with van der Waals surface area (Å²) < 4.78 is 0. The molecule has 0 bridgehead atoms. The van der Waals surface area contributed by atoms with E-state index in [0.29, 0.717) is 17.2 Å². The smallest absolute Gasteiger partial charge is 0.248 e. The van der Waals surface area contributed by atoms with Gasteiger partial charge in [0.05, 0.1) is 17.1 Å². The molecule has 7 heteroatoms. The number of amides is 2. The molecular formula is C20H24N4O2S. The van der Waals surface area contributed by atoms with E-state index < -0.39 is 5.91 Å². The number of carbonyl (C=O) groups excluding carboxylic acids is 2. The van der Waals surface area contributed by atoms with Gasteiger partial charge in [-0.15, -0.1) is 11.8 Å². The monoisotopic (exact) mass is 384 g/mol. The summed E-state index contributed by atoms with van der Waals surface area (Å²) in [5.41, 5.74) is 7.39. The number of pyridine rings is 1.